The Morgan fingerprint density at radius 2 is 1.89 bits per heavy atom. The zero-order chi connectivity index (χ0) is 14.6. The van der Waals surface area contributed by atoms with Crippen molar-refractivity contribution in [2.75, 3.05) is 20.7 Å². The first-order chi connectivity index (χ1) is 8.76. The molecule has 0 aromatic carbocycles. The van der Waals surface area contributed by atoms with Crippen LogP contribution in [0, 0.1) is 0 Å². The molecule has 6 nitrogen and oxygen atoms in total. The van der Waals surface area contributed by atoms with Gasteiger partial charge in [-0.05, 0) is 40.0 Å². The Bertz CT molecular complexity index is 338. The Morgan fingerprint density at radius 3 is 2.42 bits per heavy atom. The van der Waals surface area contributed by atoms with E-state index in [1.54, 1.807) is 7.05 Å². The van der Waals surface area contributed by atoms with Gasteiger partial charge in [0.25, 0.3) is 5.91 Å². The van der Waals surface area contributed by atoms with Crippen LogP contribution in [0.2, 0.25) is 0 Å². The van der Waals surface area contributed by atoms with Gasteiger partial charge in [0.1, 0.15) is 11.6 Å². The molecule has 1 atom stereocenters. The van der Waals surface area contributed by atoms with Gasteiger partial charge in [-0.15, -0.1) is 0 Å². The summed E-state index contributed by atoms with van der Waals surface area (Å²) in [6.45, 7) is 5.98. The van der Waals surface area contributed by atoms with Gasteiger partial charge >= 0.3 is 6.09 Å². The minimum atomic E-state index is -0.560. The number of rotatable bonds is 2. The first-order valence-corrected chi connectivity index (χ1v) is 6.57. The quantitative estimate of drug-likeness (QED) is 0.719. The second kappa shape index (κ2) is 6.23. The van der Waals surface area contributed by atoms with E-state index in [0.29, 0.717) is 13.0 Å². The van der Waals surface area contributed by atoms with Crippen molar-refractivity contribution >= 4 is 12.0 Å². The number of amides is 2. The monoisotopic (exact) mass is 272 g/mol. The van der Waals surface area contributed by atoms with Gasteiger partial charge < -0.3 is 4.74 Å². The molecule has 0 spiro atoms. The van der Waals surface area contributed by atoms with E-state index in [9.17, 15) is 9.59 Å². The Kier molecular flexibility index (Phi) is 5.17. The van der Waals surface area contributed by atoms with Crippen molar-refractivity contribution in [1.29, 1.82) is 0 Å². The normalized spacial score (nSPS) is 20.1. The van der Waals surface area contributed by atoms with Gasteiger partial charge in [0.15, 0.2) is 0 Å². The molecule has 1 aliphatic rings. The van der Waals surface area contributed by atoms with Crippen LogP contribution in [0.25, 0.3) is 0 Å². The van der Waals surface area contributed by atoms with Crippen molar-refractivity contribution in [3.05, 3.63) is 0 Å². The zero-order valence-corrected chi connectivity index (χ0v) is 12.4. The van der Waals surface area contributed by atoms with Crippen molar-refractivity contribution in [2.24, 2.45) is 0 Å². The minimum Gasteiger partial charge on any atom is -0.444 e. The lowest BCUT2D eigenvalue weighted by Gasteiger charge is -2.36. The maximum Gasteiger partial charge on any atom is 0.410 e. The lowest BCUT2D eigenvalue weighted by Crippen LogP contribution is -2.53. The summed E-state index contributed by atoms with van der Waals surface area (Å²) in [5.41, 5.74) is -0.560. The summed E-state index contributed by atoms with van der Waals surface area (Å²) >= 11 is 0. The summed E-state index contributed by atoms with van der Waals surface area (Å²) in [5, 5.41) is 1.16. The molecule has 0 N–H and O–H groups in total. The van der Waals surface area contributed by atoms with Crippen molar-refractivity contribution in [2.45, 2.75) is 51.7 Å². The van der Waals surface area contributed by atoms with Crippen LogP contribution < -0.4 is 0 Å². The molecule has 0 radical (unpaired) electrons. The van der Waals surface area contributed by atoms with E-state index in [0.717, 1.165) is 17.9 Å². The van der Waals surface area contributed by atoms with Crippen molar-refractivity contribution < 1.29 is 19.2 Å². The average Bonchev–Trinajstić information content (AvgIpc) is 2.35. The molecule has 6 heteroatoms. The summed E-state index contributed by atoms with van der Waals surface area (Å²) in [6.07, 6.45) is 2.02. The number of nitrogens with zero attached hydrogens (tertiary/aromatic N) is 2. The van der Waals surface area contributed by atoms with Crippen molar-refractivity contribution in [1.82, 2.24) is 9.96 Å². The number of likely N-dealkylation sites (tertiary alicyclic amines) is 1. The van der Waals surface area contributed by atoms with E-state index < -0.39 is 17.7 Å². The van der Waals surface area contributed by atoms with E-state index >= 15 is 0 Å². The maximum absolute atomic E-state index is 12.2. The SMILES string of the molecule is CON(C)C(=O)[C@H]1CCCCN1C(=O)OC(C)(C)C. The maximum atomic E-state index is 12.2. The lowest BCUT2D eigenvalue weighted by molar-refractivity contribution is -0.175. The second-order valence-electron chi connectivity index (χ2n) is 5.70. The highest BCUT2D eigenvalue weighted by molar-refractivity contribution is 5.85. The Hall–Kier alpha value is -1.30. The molecule has 0 unspecified atom stereocenters. The molecule has 110 valence electrons. The third kappa shape index (κ3) is 4.38. The van der Waals surface area contributed by atoms with Gasteiger partial charge in [-0.1, -0.05) is 0 Å². The second-order valence-corrected chi connectivity index (χ2v) is 5.70. The van der Waals surface area contributed by atoms with Crippen LogP contribution in [-0.2, 0) is 14.4 Å². The standard InChI is InChI=1S/C13H24N2O4/c1-13(2,3)19-12(17)15-9-7-6-8-10(15)11(16)14(4)18-5/h10H,6-9H2,1-5H3/t10-/m1/s1. The van der Waals surface area contributed by atoms with Crippen LogP contribution in [0.3, 0.4) is 0 Å². The van der Waals surface area contributed by atoms with Crippen LogP contribution in [0.15, 0.2) is 0 Å². The number of hydroxylamine groups is 2. The van der Waals surface area contributed by atoms with Crippen LogP contribution >= 0.6 is 0 Å². The fourth-order valence-electron chi connectivity index (χ4n) is 2.03. The number of piperidine rings is 1. The molecule has 1 heterocycles. The minimum absolute atomic E-state index is 0.215. The van der Waals surface area contributed by atoms with Crippen LogP contribution in [0.5, 0.6) is 0 Å². The van der Waals surface area contributed by atoms with Gasteiger partial charge in [-0.3, -0.25) is 14.5 Å². The zero-order valence-electron chi connectivity index (χ0n) is 12.4. The first-order valence-electron chi connectivity index (χ1n) is 6.57. The van der Waals surface area contributed by atoms with Gasteiger partial charge in [-0.2, -0.15) is 0 Å². The predicted octanol–water partition coefficient (Wildman–Crippen LogP) is 1.80. The van der Waals surface area contributed by atoms with Gasteiger partial charge in [0.05, 0.1) is 7.11 Å². The van der Waals surface area contributed by atoms with Gasteiger partial charge in [0, 0.05) is 13.6 Å². The average molecular weight is 272 g/mol. The van der Waals surface area contributed by atoms with E-state index in [-0.39, 0.29) is 5.91 Å². The summed E-state index contributed by atoms with van der Waals surface area (Å²) in [7, 11) is 2.97. The molecular weight excluding hydrogens is 248 g/mol. The molecule has 0 aromatic rings. The molecule has 2 amide bonds. The molecule has 0 saturated carbocycles. The molecule has 1 rings (SSSR count). The number of carbonyl (C=O) groups excluding carboxylic acids is 2. The summed E-state index contributed by atoms with van der Waals surface area (Å²) < 4.78 is 5.35. The Labute approximate surface area is 114 Å². The molecular formula is C13H24N2O4. The topological polar surface area (TPSA) is 59.1 Å². The first kappa shape index (κ1) is 15.8. The summed E-state index contributed by atoms with van der Waals surface area (Å²) in [5.74, 6) is -0.215. The number of hydrogen-bond acceptors (Lipinski definition) is 4. The number of ether oxygens (including phenoxy) is 1. The Morgan fingerprint density at radius 1 is 1.26 bits per heavy atom. The molecule has 19 heavy (non-hydrogen) atoms. The third-order valence-corrected chi connectivity index (χ3v) is 3.00. The number of carbonyl (C=O) groups is 2. The fourth-order valence-corrected chi connectivity index (χ4v) is 2.03. The van der Waals surface area contributed by atoms with Gasteiger partial charge in [-0.25, -0.2) is 9.86 Å². The van der Waals surface area contributed by atoms with E-state index in [1.165, 1.54) is 12.0 Å². The number of hydrogen-bond donors (Lipinski definition) is 0. The molecule has 1 aliphatic heterocycles. The molecule has 0 aromatic heterocycles. The van der Waals surface area contributed by atoms with E-state index in [2.05, 4.69) is 0 Å². The Balaban J connectivity index is 2.78. The summed E-state index contributed by atoms with van der Waals surface area (Å²) in [4.78, 5) is 30.7. The van der Waals surface area contributed by atoms with E-state index in [4.69, 9.17) is 9.57 Å². The molecule has 0 aliphatic carbocycles. The predicted molar refractivity (Wildman–Crippen MR) is 70.4 cm³/mol. The smallest absolute Gasteiger partial charge is 0.410 e. The third-order valence-electron chi connectivity index (χ3n) is 3.00. The highest BCUT2D eigenvalue weighted by atomic mass is 16.7. The van der Waals surface area contributed by atoms with Crippen LogP contribution in [0.4, 0.5) is 4.79 Å². The van der Waals surface area contributed by atoms with Crippen LogP contribution in [0.1, 0.15) is 40.0 Å². The molecule has 1 saturated heterocycles. The highest BCUT2D eigenvalue weighted by Gasteiger charge is 2.36. The van der Waals surface area contributed by atoms with E-state index in [1.807, 2.05) is 20.8 Å². The lowest BCUT2D eigenvalue weighted by atomic mass is 10.0. The largest absolute Gasteiger partial charge is 0.444 e. The van der Waals surface area contributed by atoms with Crippen molar-refractivity contribution in [3.8, 4) is 0 Å². The molecule has 1 fully saturated rings. The van der Waals surface area contributed by atoms with Crippen LogP contribution in [-0.4, -0.2) is 54.3 Å². The number of likely N-dealkylation sites (N-methyl/N-ethyl adjacent to an activating group) is 1. The summed E-state index contributed by atoms with van der Waals surface area (Å²) in [6, 6.07) is -0.492. The van der Waals surface area contributed by atoms with Gasteiger partial charge in [0.2, 0.25) is 0 Å². The molecule has 0 bridgehead atoms. The highest BCUT2D eigenvalue weighted by Crippen LogP contribution is 2.21. The van der Waals surface area contributed by atoms with Crippen molar-refractivity contribution in [3.63, 3.8) is 0 Å². The fraction of sp³-hybridized carbons (Fsp3) is 0.846.